The van der Waals surface area contributed by atoms with Crippen LogP contribution in [0.15, 0.2) is 18.2 Å². The maximum absolute atomic E-state index is 14.0. The van der Waals surface area contributed by atoms with Crippen LogP contribution in [0.4, 0.5) is 4.39 Å². The summed E-state index contributed by atoms with van der Waals surface area (Å²) in [5, 5.41) is 0. The molecule has 1 aromatic rings. The Morgan fingerprint density at radius 1 is 1.44 bits per heavy atom. The fourth-order valence-corrected chi connectivity index (χ4v) is 2.40. The van der Waals surface area contributed by atoms with Crippen molar-refractivity contribution in [3.63, 3.8) is 0 Å². The summed E-state index contributed by atoms with van der Waals surface area (Å²) >= 11 is 0. The number of rotatable bonds is 2. The van der Waals surface area contributed by atoms with E-state index >= 15 is 0 Å². The molecular weight excluding hydrogens is 207 g/mol. The predicted octanol–water partition coefficient (Wildman–Crippen LogP) is 2.92. The SMILES string of the molecule is COc1cccc(C2CCC(=O)C2C)c1F. The molecule has 3 heteroatoms. The zero-order valence-electron chi connectivity index (χ0n) is 9.50. The van der Waals surface area contributed by atoms with Crippen molar-refractivity contribution in [2.75, 3.05) is 7.11 Å². The van der Waals surface area contributed by atoms with E-state index in [-0.39, 0.29) is 29.2 Å². The minimum atomic E-state index is -0.323. The highest BCUT2D eigenvalue weighted by Gasteiger charge is 2.34. The summed E-state index contributed by atoms with van der Waals surface area (Å²) in [4.78, 5) is 11.5. The van der Waals surface area contributed by atoms with Crippen LogP contribution in [0.5, 0.6) is 5.75 Å². The number of hydrogen-bond acceptors (Lipinski definition) is 2. The highest BCUT2D eigenvalue weighted by atomic mass is 19.1. The van der Waals surface area contributed by atoms with Gasteiger partial charge in [0.15, 0.2) is 11.6 Å². The lowest BCUT2D eigenvalue weighted by Crippen LogP contribution is -2.10. The Morgan fingerprint density at radius 2 is 2.19 bits per heavy atom. The first-order valence-corrected chi connectivity index (χ1v) is 5.50. The zero-order chi connectivity index (χ0) is 11.7. The van der Waals surface area contributed by atoms with E-state index in [0.29, 0.717) is 12.0 Å². The van der Waals surface area contributed by atoms with Crippen LogP contribution in [0.25, 0.3) is 0 Å². The Kier molecular flexibility index (Phi) is 2.95. The van der Waals surface area contributed by atoms with Gasteiger partial charge in [0, 0.05) is 12.3 Å². The second-order valence-electron chi connectivity index (χ2n) is 4.26. The molecule has 0 heterocycles. The first-order valence-electron chi connectivity index (χ1n) is 5.50. The topological polar surface area (TPSA) is 26.3 Å². The van der Waals surface area contributed by atoms with E-state index in [1.54, 1.807) is 18.2 Å². The molecule has 1 saturated carbocycles. The van der Waals surface area contributed by atoms with Gasteiger partial charge in [0.05, 0.1) is 7.11 Å². The molecule has 1 aromatic carbocycles. The number of ether oxygens (including phenoxy) is 1. The van der Waals surface area contributed by atoms with Gasteiger partial charge < -0.3 is 4.74 Å². The van der Waals surface area contributed by atoms with Crippen LogP contribution >= 0.6 is 0 Å². The third kappa shape index (κ3) is 1.70. The minimum absolute atomic E-state index is 0.00241. The van der Waals surface area contributed by atoms with Gasteiger partial charge in [-0.05, 0) is 24.0 Å². The molecule has 2 atom stereocenters. The quantitative estimate of drug-likeness (QED) is 0.769. The van der Waals surface area contributed by atoms with Crippen molar-refractivity contribution in [3.05, 3.63) is 29.6 Å². The molecule has 0 radical (unpaired) electrons. The van der Waals surface area contributed by atoms with Crippen molar-refractivity contribution in [2.24, 2.45) is 5.92 Å². The number of Topliss-reactive ketones (excluding diaryl/α,β-unsaturated/α-hetero) is 1. The van der Waals surface area contributed by atoms with Crippen LogP contribution < -0.4 is 4.74 Å². The summed E-state index contributed by atoms with van der Waals surface area (Å²) in [6, 6.07) is 5.12. The molecule has 0 amide bonds. The summed E-state index contributed by atoms with van der Waals surface area (Å²) in [5.74, 6) is 0.0806. The maximum Gasteiger partial charge on any atom is 0.168 e. The number of carbonyl (C=O) groups is 1. The van der Waals surface area contributed by atoms with Crippen LogP contribution in [-0.4, -0.2) is 12.9 Å². The van der Waals surface area contributed by atoms with E-state index in [2.05, 4.69) is 0 Å². The molecule has 0 spiro atoms. The van der Waals surface area contributed by atoms with Gasteiger partial charge in [-0.3, -0.25) is 4.79 Å². The molecule has 1 aliphatic carbocycles. The summed E-state index contributed by atoms with van der Waals surface area (Å²) < 4.78 is 18.9. The molecule has 86 valence electrons. The molecule has 1 aliphatic rings. The monoisotopic (exact) mass is 222 g/mol. The summed E-state index contributed by atoms with van der Waals surface area (Å²) in [7, 11) is 1.45. The van der Waals surface area contributed by atoms with Crippen molar-refractivity contribution in [1.29, 1.82) is 0 Å². The third-order valence-corrected chi connectivity index (χ3v) is 3.43. The van der Waals surface area contributed by atoms with Gasteiger partial charge in [0.25, 0.3) is 0 Å². The normalized spacial score (nSPS) is 24.8. The standard InChI is InChI=1S/C13H15FO2/c1-8-9(6-7-11(8)15)10-4-3-5-12(16-2)13(10)14/h3-5,8-9H,6-7H2,1-2H3. The Morgan fingerprint density at radius 3 is 2.75 bits per heavy atom. The first-order chi connectivity index (χ1) is 7.65. The molecule has 2 rings (SSSR count). The molecule has 2 nitrogen and oxygen atoms in total. The van der Waals surface area contributed by atoms with Gasteiger partial charge in [-0.25, -0.2) is 4.39 Å². The second kappa shape index (κ2) is 4.24. The summed E-state index contributed by atoms with van der Waals surface area (Å²) in [5.41, 5.74) is 0.609. The minimum Gasteiger partial charge on any atom is -0.494 e. The van der Waals surface area contributed by atoms with Gasteiger partial charge in [-0.1, -0.05) is 19.1 Å². The largest absolute Gasteiger partial charge is 0.494 e. The lowest BCUT2D eigenvalue weighted by atomic mass is 9.89. The molecule has 16 heavy (non-hydrogen) atoms. The average molecular weight is 222 g/mol. The van der Waals surface area contributed by atoms with Gasteiger partial charge in [0.2, 0.25) is 0 Å². The second-order valence-corrected chi connectivity index (χ2v) is 4.26. The van der Waals surface area contributed by atoms with Crippen molar-refractivity contribution in [1.82, 2.24) is 0 Å². The van der Waals surface area contributed by atoms with E-state index in [1.165, 1.54) is 7.11 Å². The van der Waals surface area contributed by atoms with Crippen LogP contribution in [-0.2, 0) is 4.79 Å². The van der Waals surface area contributed by atoms with Crippen molar-refractivity contribution >= 4 is 5.78 Å². The van der Waals surface area contributed by atoms with Gasteiger partial charge >= 0.3 is 0 Å². The van der Waals surface area contributed by atoms with E-state index in [9.17, 15) is 9.18 Å². The average Bonchev–Trinajstić information content (AvgIpc) is 2.61. The Bertz CT molecular complexity index is 414. The number of methoxy groups -OCH3 is 1. The van der Waals surface area contributed by atoms with Crippen molar-refractivity contribution in [2.45, 2.75) is 25.7 Å². The smallest absolute Gasteiger partial charge is 0.168 e. The number of carbonyl (C=O) groups excluding carboxylic acids is 1. The predicted molar refractivity (Wildman–Crippen MR) is 59.1 cm³/mol. The Balaban J connectivity index is 2.37. The fraction of sp³-hybridized carbons (Fsp3) is 0.462. The molecule has 0 aromatic heterocycles. The van der Waals surface area contributed by atoms with Crippen molar-refractivity contribution in [3.8, 4) is 5.75 Å². The lowest BCUT2D eigenvalue weighted by molar-refractivity contribution is -0.120. The summed E-state index contributed by atoms with van der Waals surface area (Å²) in [6.07, 6.45) is 1.30. The number of benzene rings is 1. The van der Waals surface area contributed by atoms with Crippen LogP contribution in [0.2, 0.25) is 0 Å². The van der Waals surface area contributed by atoms with Crippen LogP contribution in [0, 0.1) is 11.7 Å². The maximum atomic E-state index is 14.0. The molecular formula is C13H15FO2. The van der Waals surface area contributed by atoms with E-state index < -0.39 is 0 Å². The van der Waals surface area contributed by atoms with Gasteiger partial charge in [-0.15, -0.1) is 0 Å². The molecule has 0 bridgehead atoms. The Hall–Kier alpha value is -1.38. The molecule has 0 N–H and O–H groups in total. The molecule has 0 aliphatic heterocycles. The number of ketones is 1. The number of halogens is 1. The van der Waals surface area contributed by atoms with Crippen molar-refractivity contribution < 1.29 is 13.9 Å². The van der Waals surface area contributed by atoms with Gasteiger partial charge in [0.1, 0.15) is 5.78 Å². The van der Waals surface area contributed by atoms with Crippen LogP contribution in [0.1, 0.15) is 31.2 Å². The lowest BCUT2D eigenvalue weighted by Gasteiger charge is -2.16. The van der Waals surface area contributed by atoms with Crippen LogP contribution in [0.3, 0.4) is 0 Å². The summed E-state index contributed by atoms with van der Waals surface area (Å²) in [6.45, 7) is 1.87. The Labute approximate surface area is 94.4 Å². The van der Waals surface area contributed by atoms with E-state index in [0.717, 1.165) is 6.42 Å². The molecule has 1 fully saturated rings. The highest BCUT2D eigenvalue weighted by Crippen LogP contribution is 2.39. The first kappa shape index (κ1) is 11.1. The number of hydrogen-bond donors (Lipinski definition) is 0. The zero-order valence-corrected chi connectivity index (χ0v) is 9.50. The molecule has 0 saturated heterocycles. The van der Waals surface area contributed by atoms with Gasteiger partial charge in [-0.2, -0.15) is 0 Å². The third-order valence-electron chi connectivity index (χ3n) is 3.43. The van der Waals surface area contributed by atoms with E-state index in [4.69, 9.17) is 4.74 Å². The molecule has 2 unspecified atom stereocenters. The highest BCUT2D eigenvalue weighted by molar-refractivity contribution is 5.84. The fourth-order valence-electron chi connectivity index (χ4n) is 2.40. The van der Waals surface area contributed by atoms with E-state index in [1.807, 2.05) is 6.92 Å².